The summed E-state index contributed by atoms with van der Waals surface area (Å²) in [6.07, 6.45) is 4.44. The number of nitrogens with one attached hydrogen (secondary N) is 1. The summed E-state index contributed by atoms with van der Waals surface area (Å²) in [6, 6.07) is 4.16. The van der Waals surface area contributed by atoms with Gasteiger partial charge in [-0.2, -0.15) is 0 Å². The number of carboxylic acid groups (broad SMARTS) is 1. The molecule has 0 spiro atoms. The highest BCUT2D eigenvalue weighted by Gasteiger charge is 2.23. The van der Waals surface area contributed by atoms with Gasteiger partial charge in [0.25, 0.3) is 5.69 Å². The molecule has 6 nitrogen and oxygen atoms in total. The Hall–Kier alpha value is -2.11. The molecule has 1 aliphatic carbocycles. The van der Waals surface area contributed by atoms with E-state index in [2.05, 4.69) is 12.2 Å². The molecule has 20 heavy (non-hydrogen) atoms. The van der Waals surface area contributed by atoms with E-state index in [0.717, 1.165) is 25.3 Å². The molecule has 6 heteroatoms. The summed E-state index contributed by atoms with van der Waals surface area (Å²) in [4.78, 5) is 21.4. The summed E-state index contributed by atoms with van der Waals surface area (Å²) in [6.45, 7) is 2.14. The standard InChI is InChI=1S/C14H18N2O4/c1-9-4-2-3-5-12(9)15-13-7-6-10(16(19)20)8-11(13)14(17)18/h6-9,12,15H,2-5H2,1H3,(H,17,18)/t9-,12+/m0/s1. The number of nitro groups is 1. The SMILES string of the molecule is C[C@H]1CCCC[C@H]1Nc1ccc([N+](=O)[O-])cc1C(=O)O. The number of carbonyl (C=O) groups is 1. The van der Waals surface area contributed by atoms with Crippen molar-refractivity contribution in [1.29, 1.82) is 0 Å². The highest BCUT2D eigenvalue weighted by Crippen LogP contribution is 2.29. The van der Waals surface area contributed by atoms with Gasteiger partial charge in [-0.1, -0.05) is 19.8 Å². The number of benzene rings is 1. The Morgan fingerprint density at radius 1 is 1.40 bits per heavy atom. The van der Waals surface area contributed by atoms with Gasteiger partial charge in [0, 0.05) is 23.9 Å². The molecule has 1 aromatic carbocycles. The van der Waals surface area contributed by atoms with E-state index in [1.807, 2.05) is 0 Å². The molecular weight excluding hydrogens is 260 g/mol. The summed E-state index contributed by atoms with van der Waals surface area (Å²) in [5.74, 6) is -0.680. The number of hydrogen-bond acceptors (Lipinski definition) is 4. The molecule has 0 aromatic heterocycles. The van der Waals surface area contributed by atoms with E-state index in [9.17, 15) is 20.0 Å². The smallest absolute Gasteiger partial charge is 0.338 e. The molecule has 0 saturated heterocycles. The lowest BCUT2D eigenvalue weighted by atomic mass is 9.85. The van der Waals surface area contributed by atoms with Gasteiger partial charge in [-0.05, 0) is 24.8 Å². The van der Waals surface area contributed by atoms with Crippen LogP contribution in [0.3, 0.4) is 0 Å². The van der Waals surface area contributed by atoms with E-state index in [0.29, 0.717) is 11.6 Å². The van der Waals surface area contributed by atoms with Crippen LogP contribution in [0.1, 0.15) is 43.0 Å². The topological polar surface area (TPSA) is 92.5 Å². The zero-order chi connectivity index (χ0) is 14.7. The molecule has 0 aliphatic heterocycles. The van der Waals surface area contributed by atoms with Crippen LogP contribution in [0.4, 0.5) is 11.4 Å². The van der Waals surface area contributed by atoms with E-state index in [1.165, 1.54) is 18.6 Å². The number of hydrogen-bond donors (Lipinski definition) is 2. The van der Waals surface area contributed by atoms with Gasteiger partial charge in [-0.3, -0.25) is 10.1 Å². The van der Waals surface area contributed by atoms with Crippen molar-refractivity contribution >= 4 is 17.3 Å². The van der Waals surface area contributed by atoms with Crippen LogP contribution in [0.5, 0.6) is 0 Å². The minimum atomic E-state index is -1.15. The predicted octanol–water partition coefficient (Wildman–Crippen LogP) is 3.28. The van der Waals surface area contributed by atoms with Gasteiger partial charge >= 0.3 is 5.97 Å². The number of rotatable bonds is 4. The molecular formula is C14H18N2O4. The fourth-order valence-corrected chi connectivity index (χ4v) is 2.68. The summed E-state index contributed by atoms with van der Waals surface area (Å²) < 4.78 is 0. The largest absolute Gasteiger partial charge is 0.478 e. The third-order valence-corrected chi connectivity index (χ3v) is 3.90. The van der Waals surface area contributed by atoms with Crippen LogP contribution in [-0.2, 0) is 0 Å². The number of anilines is 1. The first kappa shape index (κ1) is 14.3. The molecule has 1 saturated carbocycles. The lowest BCUT2D eigenvalue weighted by Gasteiger charge is -2.30. The molecule has 2 rings (SSSR count). The Kier molecular flexibility index (Phi) is 4.22. The van der Waals surface area contributed by atoms with Crippen molar-refractivity contribution in [3.8, 4) is 0 Å². The Morgan fingerprint density at radius 2 is 2.10 bits per heavy atom. The van der Waals surface area contributed by atoms with Gasteiger partial charge < -0.3 is 10.4 Å². The van der Waals surface area contributed by atoms with Crippen LogP contribution in [0, 0.1) is 16.0 Å². The molecule has 1 aromatic rings. The fraction of sp³-hybridized carbons (Fsp3) is 0.500. The number of nitrogens with zero attached hydrogens (tertiary/aromatic N) is 1. The molecule has 0 heterocycles. The van der Waals surface area contributed by atoms with Crippen LogP contribution >= 0.6 is 0 Å². The zero-order valence-corrected chi connectivity index (χ0v) is 11.3. The lowest BCUT2D eigenvalue weighted by molar-refractivity contribution is -0.384. The van der Waals surface area contributed by atoms with Crippen molar-refractivity contribution in [1.82, 2.24) is 0 Å². The molecule has 0 radical (unpaired) electrons. The number of aromatic carboxylic acids is 1. The average molecular weight is 278 g/mol. The van der Waals surface area contributed by atoms with Crippen LogP contribution < -0.4 is 5.32 Å². The van der Waals surface area contributed by atoms with Gasteiger partial charge in [0.1, 0.15) is 0 Å². The quantitative estimate of drug-likeness (QED) is 0.651. The maximum atomic E-state index is 11.3. The van der Waals surface area contributed by atoms with Crippen molar-refractivity contribution in [2.24, 2.45) is 5.92 Å². The van der Waals surface area contributed by atoms with Gasteiger partial charge in [-0.15, -0.1) is 0 Å². The minimum Gasteiger partial charge on any atom is -0.478 e. The van der Waals surface area contributed by atoms with Crippen molar-refractivity contribution in [3.63, 3.8) is 0 Å². The fourth-order valence-electron chi connectivity index (χ4n) is 2.68. The van der Waals surface area contributed by atoms with Crippen LogP contribution in [0.15, 0.2) is 18.2 Å². The Balaban J connectivity index is 2.26. The highest BCUT2D eigenvalue weighted by molar-refractivity contribution is 5.95. The molecule has 1 fully saturated rings. The first-order valence-electron chi connectivity index (χ1n) is 6.77. The third-order valence-electron chi connectivity index (χ3n) is 3.90. The van der Waals surface area contributed by atoms with Gasteiger partial charge in [0.15, 0.2) is 0 Å². The number of carboxylic acids is 1. The third kappa shape index (κ3) is 3.07. The van der Waals surface area contributed by atoms with E-state index in [4.69, 9.17) is 0 Å². The Labute approximate surface area is 117 Å². The number of non-ortho nitro benzene ring substituents is 1. The first-order valence-corrected chi connectivity index (χ1v) is 6.77. The van der Waals surface area contributed by atoms with Crippen molar-refractivity contribution in [3.05, 3.63) is 33.9 Å². The summed E-state index contributed by atoms with van der Waals surface area (Å²) in [5.41, 5.74) is 0.212. The van der Waals surface area contributed by atoms with Crippen molar-refractivity contribution in [2.75, 3.05) is 5.32 Å². The molecule has 0 unspecified atom stereocenters. The molecule has 0 bridgehead atoms. The molecule has 1 aliphatic rings. The molecule has 108 valence electrons. The minimum absolute atomic E-state index is 0.0445. The highest BCUT2D eigenvalue weighted by atomic mass is 16.6. The van der Waals surface area contributed by atoms with E-state index < -0.39 is 10.9 Å². The van der Waals surface area contributed by atoms with Crippen molar-refractivity contribution in [2.45, 2.75) is 38.6 Å². The van der Waals surface area contributed by atoms with Gasteiger partial charge in [-0.25, -0.2) is 4.79 Å². The zero-order valence-electron chi connectivity index (χ0n) is 11.3. The normalized spacial score (nSPS) is 22.2. The predicted molar refractivity (Wildman–Crippen MR) is 75.1 cm³/mol. The monoisotopic (exact) mass is 278 g/mol. The maximum Gasteiger partial charge on any atom is 0.338 e. The Bertz CT molecular complexity index is 530. The first-order chi connectivity index (χ1) is 9.49. The molecule has 2 N–H and O–H groups in total. The van der Waals surface area contributed by atoms with E-state index in [-0.39, 0.29) is 17.3 Å². The number of nitro benzene ring substituents is 1. The van der Waals surface area contributed by atoms with E-state index >= 15 is 0 Å². The van der Waals surface area contributed by atoms with Gasteiger partial charge in [0.2, 0.25) is 0 Å². The van der Waals surface area contributed by atoms with Gasteiger partial charge in [0.05, 0.1) is 10.5 Å². The van der Waals surface area contributed by atoms with Crippen molar-refractivity contribution < 1.29 is 14.8 Å². The maximum absolute atomic E-state index is 11.3. The second kappa shape index (κ2) is 5.90. The van der Waals surface area contributed by atoms with Crippen LogP contribution in [-0.4, -0.2) is 22.0 Å². The second-order valence-electron chi connectivity index (χ2n) is 5.30. The van der Waals surface area contributed by atoms with Crippen LogP contribution in [0.2, 0.25) is 0 Å². The molecule has 2 atom stereocenters. The second-order valence-corrected chi connectivity index (χ2v) is 5.30. The Morgan fingerprint density at radius 3 is 2.70 bits per heavy atom. The van der Waals surface area contributed by atoms with Crippen LogP contribution in [0.25, 0.3) is 0 Å². The summed E-state index contributed by atoms with van der Waals surface area (Å²) in [5, 5.41) is 23.2. The molecule has 0 amide bonds. The average Bonchev–Trinajstić information content (AvgIpc) is 2.41. The lowest BCUT2D eigenvalue weighted by Crippen LogP contribution is -2.31. The summed E-state index contributed by atoms with van der Waals surface area (Å²) >= 11 is 0. The summed E-state index contributed by atoms with van der Waals surface area (Å²) in [7, 11) is 0. The van der Waals surface area contributed by atoms with E-state index in [1.54, 1.807) is 0 Å².